The maximum Gasteiger partial charge on any atom is 0.328 e. The molecule has 0 aromatic carbocycles. The quantitative estimate of drug-likeness (QED) is 0.0199. The third kappa shape index (κ3) is 35.0. The molecule has 0 aromatic heterocycles. The number of carbonyl (C=O) groups is 19. The van der Waals surface area contributed by atoms with Crippen molar-refractivity contribution in [2.45, 2.75) is 216 Å². The highest BCUT2D eigenvalue weighted by molar-refractivity contribution is 7.98. The summed E-state index contributed by atoms with van der Waals surface area (Å²) in [6, 6.07) is -22.8. The van der Waals surface area contributed by atoms with E-state index in [0.29, 0.717) is 6.42 Å². The molecular weight excluding hydrogens is 1470 g/mol. The summed E-state index contributed by atoms with van der Waals surface area (Å²) in [4.78, 5) is 251. The van der Waals surface area contributed by atoms with Crippen LogP contribution in [0, 0.1) is 11.8 Å². The molecule has 0 aliphatic carbocycles. The Morgan fingerprint density at radius 2 is 0.944 bits per heavy atom. The highest BCUT2D eigenvalue weighted by Crippen LogP contribution is 2.21. The molecule has 27 N–H and O–H groups in total. The number of likely N-dealkylation sites (tertiary alicyclic amines) is 1. The first-order chi connectivity index (χ1) is 50.6. The lowest BCUT2D eigenvalue weighted by Gasteiger charge is -2.31. The lowest BCUT2D eigenvalue weighted by molar-refractivity contribution is -0.145. The van der Waals surface area contributed by atoms with Crippen LogP contribution in [0.25, 0.3) is 0 Å². The van der Waals surface area contributed by atoms with Gasteiger partial charge in [-0.2, -0.15) is 24.4 Å². The zero-order valence-corrected chi connectivity index (χ0v) is 62.7. The van der Waals surface area contributed by atoms with Gasteiger partial charge in [-0.25, -0.2) is 4.79 Å². The summed E-state index contributed by atoms with van der Waals surface area (Å²) in [6.07, 6.45) is -3.63. The number of thioether (sulfide) groups is 1. The Labute approximate surface area is 631 Å². The van der Waals surface area contributed by atoms with E-state index < -0.39 is 254 Å². The van der Waals surface area contributed by atoms with Gasteiger partial charge in [0.15, 0.2) is 6.04 Å². The number of rotatable bonds is 52. The molecule has 0 bridgehead atoms. The number of aliphatic carboxylic acids is 3. The van der Waals surface area contributed by atoms with Gasteiger partial charge in [-0.05, 0) is 102 Å². The molecule has 0 saturated carbocycles. The number of unbranched alkanes of at least 4 members (excludes halogenated alkanes) is 1. The molecule has 0 aromatic rings. The molecule has 1 heterocycles. The number of hydrogen-bond acceptors (Lipinski definition) is 26. The number of primary amides is 2. The third-order valence-corrected chi connectivity index (χ3v) is 17.3. The average molecular weight is 1580 g/mol. The topological polar surface area (TPSA) is 709 Å². The number of hydrogen-bond donors (Lipinski definition) is 24. The molecule has 0 unspecified atom stereocenters. The minimum atomic E-state index is -1.92. The van der Waals surface area contributed by atoms with Crippen LogP contribution in [-0.2, 0) is 91.1 Å². The van der Waals surface area contributed by atoms with Crippen LogP contribution in [-0.4, -0.2) is 289 Å². The number of aliphatic hydroxyl groups excluding tert-OH is 3. The molecule has 1 rings (SSSR count). The van der Waals surface area contributed by atoms with Gasteiger partial charge >= 0.3 is 17.9 Å². The zero-order valence-electron chi connectivity index (χ0n) is 61.0. The summed E-state index contributed by atoms with van der Waals surface area (Å²) in [5.41, 5.74) is 22.0. The van der Waals surface area contributed by atoms with Crippen LogP contribution >= 0.6 is 24.4 Å². The van der Waals surface area contributed by atoms with Gasteiger partial charge < -0.3 is 128 Å². The van der Waals surface area contributed by atoms with Gasteiger partial charge in [-0.15, -0.1) is 0 Å². The minimum Gasteiger partial charge on any atom is -0.481 e. The van der Waals surface area contributed by atoms with Gasteiger partial charge in [0, 0.05) is 25.1 Å². The van der Waals surface area contributed by atoms with E-state index in [2.05, 4.69) is 81.7 Å². The summed E-state index contributed by atoms with van der Waals surface area (Å²) >= 11 is 5.15. The van der Waals surface area contributed by atoms with Crippen LogP contribution in [0.2, 0.25) is 0 Å². The largest absolute Gasteiger partial charge is 0.481 e. The minimum absolute atomic E-state index is 0.0680. The Bertz CT molecular complexity index is 3170. The van der Waals surface area contributed by atoms with Crippen molar-refractivity contribution in [2.24, 2.45) is 34.8 Å². The van der Waals surface area contributed by atoms with E-state index >= 15 is 0 Å². The van der Waals surface area contributed by atoms with Crippen LogP contribution in [0.1, 0.15) is 125 Å². The molecule has 1 aliphatic rings. The van der Waals surface area contributed by atoms with Crippen LogP contribution in [0.4, 0.5) is 0 Å². The number of carboxylic acid groups (broad SMARTS) is 3. The maximum absolute atomic E-state index is 14.4. The molecule has 1 fully saturated rings. The fourth-order valence-electron chi connectivity index (χ4n) is 10.4. The smallest absolute Gasteiger partial charge is 0.328 e. The van der Waals surface area contributed by atoms with Gasteiger partial charge in [0.2, 0.25) is 94.5 Å². The van der Waals surface area contributed by atoms with E-state index in [1.807, 2.05) is 0 Å². The van der Waals surface area contributed by atoms with Gasteiger partial charge in [0.1, 0.15) is 72.5 Å². The summed E-state index contributed by atoms with van der Waals surface area (Å²) < 4.78 is 0. The van der Waals surface area contributed by atoms with Crippen molar-refractivity contribution in [3.05, 3.63) is 0 Å². The number of thiol groups is 1. The van der Waals surface area contributed by atoms with Gasteiger partial charge in [0.25, 0.3) is 0 Å². The standard InChI is InChI=1S/C63H106N18O25S2/c1-28(2)21-37(57(99)80-49(31(6)84)63(105)106)75-56(98)39(23-47(90)91)77-54(96)35(17-20-108-7)73-58(100)41(26-83)78-60(102)42-12-10-19-81(42)62(104)36(14-16-44(67)86)74-61(103)48(29(3)4)79-59(101)40(25-82)70-45(87)24-68-50(92)30(5)69-55(97)38(22-46(88)89)76-52(94)33(11-8-9-18-64)72-53(95)34(13-15-43(66)85)71-51(93)32(65)27-107/h28-42,48-49,82-84,107H,8-27,64-65H2,1-7H3,(H2,66,85)(H2,67,86)(H,68,92)(H,69,97)(H,70,87)(H,71,93)(H,72,95)(H,73,100)(H,74,103)(H,75,98)(H,76,94)(H,77,96)(H,78,102)(H,79,101)(H,80,99)(H,88,89)(H,90,91)(H,105,106)/t30-,31+,32-,33-,34-,35-,36-,37-,38-,39-,40-,41-,42-,48-,49-/m0/s1. The van der Waals surface area contributed by atoms with E-state index in [0.717, 1.165) is 18.7 Å². The fourth-order valence-corrected chi connectivity index (χ4v) is 11.0. The molecule has 0 spiro atoms. The molecule has 15 atom stereocenters. The molecule has 1 aliphatic heterocycles. The number of carboxylic acids is 3. The van der Waals surface area contributed by atoms with Crippen molar-refractivity contribution in [3.8, 4) is 0 Å². The zero-order chi connectivity index (χ0) is 82.4. The lowest BCUT2D eigenvalue weighted by atomic mass is 10.0. The molecular formula is C63H106N18O25S2. The van der Waals surface area contributed by atoms with Crippen LogP contribution in [0.3, 0.4) is 0 Å². The summed E-state index contributed by atoms with van der Waals surface area (Å²) in [5.74, 6) is -22.9. The first kappa shape index (κ1) is 96.4. The number of aliphatic hydroxyl groups is 3. The normalized spacial score (nSPS) is 16.4. The number of nitrogens with zero attached hydrogens (tertiary/aromatic N) is 1. The van der Waals surface area contributed by atoms with Gasteiger partial charge in [-0.1, -0.05) is 27.7 Å². The van der Waals surface area contributed by atoms with Crippen molar-refractivity contribution in [3.63, 3.8) is 0 Å². The first-order valence-corrected chi connectivity index (χ1v) is 36.5. The Kier molecular flexibility index (Phi) is 44.1. The average Bonchev–Trinajstić information content (AvgIpc) is 1.58. The Morgan fingerprint density at radius 1 is 0.509 bits per heavy atom. The summed E-state index contributed by atoms with van der Waals surface area (Å²) in [7, 11) is 0. The van der Waals surface area contributed by atoms with Crippen molar-refractivity contribution in [1.29, 1.82) is 0 Å². The van der Waals surface area contributed by atoms with E-state index in [1.165, 1.54) is 25.6 Å². The molecule has 610 valence electrons. The van der Waals surface area contributed by atoms with Crippen molar-refractivity contribution in [2.75, 3.05) is 50.6 Å². The second-order valence-corrected chi connectivity index (χ2v) is 27.4. The van der Waals surface area contributed by atoms with E-state index in [9.17, 15) is 122 Å². The van der Waals surface area contributed by atoms with Crippen LogP contribution < -0.4 is 92.1 Å². The van der Waals surface area contributed by atoms with Gasteiger partial charge in [-0.3, -0.25) is 86.3 Å². The Morgan fingerprint density at radius 3 is 1.42 bits per heavy atom. The SMILES string of the molecule is CSCC[C@H](NC(=O)[C@H](CO)NC(=O)[C@@H]1CCCN1C(=O)[C@H](CCC(N)=O)NC(=O)[C@@H](NC(=O)[C@H](CO)NC(=O)CNC(=O)[C@H](C)NC(=O)[C@H](CC(=O)O)NC(=O)[C@H](CCCCN)NC(=O)[C@H](CCC(N)=O)NC(=O)[C@@H](N)CS)C(C)C)C(=O)N[C@@H](CC(=O)O)C(=O)N[C@@H](CC(C)C)C(=O)N[C@H](C(=O)O)[C@@H](C)O. The molecule has 0 radical (unpaired) electrons. The second kappa shape index (κ2) is 49.4. The van der Waals surface area contributed by atoms with Gasteiger partial charge in [0.05, 0.1) is 44.7 Å². The number of carbonyl (C=O) groups excluding carboxylic acids is 16. The number of amides is 16. The number of nitrogens with two attached hydrogens (primary N) is 4. The van der Waals surface area contributed by atoms with Crippen molar-refractivity contribution in [1.82, 2.24) is 74.0 Å². The molecule has 45 heteroatoms. The van der Waals surface area contributed by atoms with E-state index in [1.54, 1.807) is 20.1 Å². The molecule has 1 saturated heterocycles. The Balaban J connectivity index is 3.29. The summed E-state index contributed by atoms with van der Waals surface area (Å²) in [5, 5.41) is 89.1. The predicted octanol–water partition coefficient (Wildman–Crippen LogP) is -10.3. The fraction of sp³-hybridized carbons (Fsp3) is 0.698. The van der Waals surface area contributed by atoms with Crippen molar-refractivity contribution >= 4 is 137 Å². The molecule has 43 nitrogen and oxygen atoms in total. The summed E-state index contributed by atoms with van der Waals surface area (Å²) in [6.45, 7) is 5.22. The molecule has 16 amide bonds. The second-order valence-electron chi connectivity index (χ2n) is 26.1. The number of nitrogens with one attached hydrogen (secondary N) is 13. The van der Waals surface area contributed by atoms with Crippen molar-refractivity contribution < 1.29 is 122 Å². The lowest BCUT2D eigenvalue weighted by Crippen LogP contribution is -2.61. The maximum atomic E-state index is 14.4. The van der Waals surface area contributed by atoms with E-state index in [-0.39, 0.29) is 81.9 Å². The third-order valence-electron chi connectivity index (χ3n) is 16.3. The van der Waals surface area contributed by atoms with E-state index in [4.69, 9.17) is 22.9 Å². The predicted molar refractivity (Wildman–Crippen MR) is 383 cm³/mol. The highest BCUT2D eigenvalue weighted by Gasteiger charge is 2.42. The first-order valence-electron chi connectivity index (χ1n) is 34.5. The Hall–Kier alpha value is -9.57. The van der Waals surface area contributed by atoms with Crippen LogP contribution in [0.5, 0.6) is 0 Å². The monoisotopic (exact) mass is 1580 g/mol. The highest BCUT2D eigenvalue weighted by atomic mass is 32.2. The van der Waals surface area contributed by atoms with Crippen LogP contribution in [0.15, 0.2) is 0 Å². The molecule has 108 heavy (non-hydrogen) atoms.